The Hall–Kier alpha value is -2.02. The minimum Gasteiger partial charge on any atom is -0.349 e. The lowest BCUT2D eigenvalue weighted by molar-refractivity contribution is -0.125. The van der Waals surface area contributed by atoms with E-state index in [0.717, 1.165) is 31.4 Å². The number of aromatic nitrogens is 3. The molecule has 1 fully saturated rings. The molecule has 2 aromatic carbocycles. The number of nitrogens with zero attached hydrogens (tertiary/aromatic N) is 3. The van der Waals surface area contributed by atoms with Gasteiger partial charge in [0, 0.05) is 16.7 Å². The second kappa shape index (κ2) is 10.1. The van der Waals surface area contributed by atoms with E-state index in [1.165, 1.54) is 11.1 Å². The van der Waals surface area contributed by atoms with E-state index in [9.17, 15) is 4.79 Å². The molecule has 1 saturated carbocycles. The number of carbonyl (C=O) groups is 1. The maximum atomic E-state index is 12.5. The lowest BCUT2D eigenvalue weighted by Crippen LogP contribution is -2.29. The maximum absolute atomic E-state index is 12.5. The predicted molar refractivity (Wildman–Crippen MR) is 126 cm³/mol. The van der Waals surface area contributed by atoms with Crippen LogP contribution in [-0.2, 0) is 17.1 Å². The summed E-state index contributed by atoms with van der Waals surface area (Å²) in [4.78, 5) is 12.5. The minimum absolute atomic E-state index is 0.0818. The molecule has 0 spiro atoms. The second-order valence-corrected chi connectivity index (χ2v) is 9.53. The number of nitrogens with one attached hydrogen (secondary N) is 1. The summed E-state index contributed by atoms with van der Waals surface area (Å²) in [6, 6.07) is 13.6. The summed E-state index contributed by atoms with van der Waals surface area (Å²) in [6.07, 6.45) is 4.14. The van der Waals surface area contributed by atoms with Crippen LogP contribution >= 0.6 is 35.0 Å². The molecule has 3 aromatic rings. The Kier molecular flexibility index (Phi) is 7.20. The molecule has 1 aliphatic carbocycles. The van der Waals surface area contributed by atoms with Crippen LogP contribution in [0.2, 0.25) is 10.0 Å². The van der Waals surface area contributed by atoms with Crippen molar-refractivity contribution >= 4 is 40.9 Å². The SMILES string of the molecule is Cc1ccccc1CSc1nnc(CNC(=O)C2CCCC2)n1-c1cc(Cl)ccc1Cl. The van der Waals surface area contributed by atoms with Gasteiger partial charge in [-0.1, -0.05) is 72.1 Å². The Balaban J connectivity index is 1.61. The molecule has 0 atom stereocenters. The van der Waals surface area contributed by atoms with Crippen molar-refractivity contribution in [2.45, 2.75) is 50.1 Å². The number of aryl methyl sites for hydroxylation is 1. The first-order valence-corrected chi connectivity index (χ1v) is 12.1. The number of benzene rings is 2. The van der Waals surface area contributed by atoms with Crippen molar-refractivity contribution in [3.05, 3.63) is 69.5 Å². The van der Waals surface area contributed by atoms with Gasteiger partial charge in [0.2, 0.25) is 5.91 Å². The molecule has 5 nitrogen and oxygen atoms in total. The molecule has 1 aromatic heterocycles. The topological polar surface area (TPSA) is 59.8 Å². The molecular formula is C23H24Cl2N4OS. The lowest BCUT2D eigenvalue weighted by atomic mass is 10.1. The molecule has 0 aliphatic heterocycles. The lowest BCUT2D eigenvalue weighted by Gasteiger charge is -2.14. The zero-order valence-electron chi connectivity index (χ0n) is 17.3. The Morgan fingerprint density at radius 1 is 1.16 bits per heavy atom. The molecule has 0 bridgehead atoms. The van der Waals surface area contributed by atoms with Crippen LogP contribution in [0.25, 0.3) is 5.69 Å². The highest BCUT2D eigenvalue weighted by molar-refractivity contribution is 7.98. The standard InChI is InChI=1S/C23H24Cl2N4OS/c1-15-6-2-3-9-17(15)14-31-23-28-27-21(13-26-22(30)16-7-4-5-8-16)29(23)20-12-18(24)10-11-19(20)25/h2-3,6,9-12,16H,4-5,7-8,13-14H2,1H3,(H,26,30). The molecule has 162 valence electrons. The van der Waals surface area contributed by atoms with Gasteiger partial charge in [-0.3, -0.25) is 9.36 Å². The number of amides is 1. The zero-order chi connectivity index (χ0) is 21.8. The van der Waals surface area contributed by atoms with E-state index in [-0.39, 0.29) is 18.4 Å². The third-order valence-electron chi connectivity index (χ3n) is 5.61. The van der Waals surface area contributed by atoms with E-state index in [1.54, 1.807) is 30.0 Å². The zero-order valence-corrected chi connectivity index (χ0v) is 19.6. The molecule has 1 heterocycles. The summed E-state index contributed by atoms with van der Waals surface area (Å²) in [5.41, 5.74) is 3.16. The van der Waals surface area contributed by atoms with Gasteiger partial charge < -0.3 is 5.32 Å². The second-order valence-electron chi connectivity index (χ2n) is 7.74. The van der Waals surface area contributed by atoms with Gasteiger partial charge in [-0.2, -0.15) is 0 Å². The van der Waals surface area contributed by atoms with Crippen molar-refractivity contribution in [1.82, 2.24) is 20.1 Å². The third kappa shape index (κ3) is 5.25. The predicted octanol–water partition coefficient (Wildman–Crippen LogP) is 5.98. The quantitative estimate of drug-likeness (QED) is 0.427. The van der Waals surface area contributed by atoms with Crippen LogP contribution in [0.4, 0.5) is 0 Å². The molecule has 0 radical (unpaired) electrons. The first-order valence-electron chi connectivity index (χ1n) is 10.4. The van der Waals surface area contributed by atoms with Gasteiger partial charge in [-0.15, -0.1) is 10.2 Å². The van der Waals surface area contributed by atoms with Gasteiger partial charge in [0.15, 0.2) is 11.0 Å². The Bertz CT molecular complexity index is 1080. The van der Waals surface area contributed by atoms with Crippen molar-refractivity contribution in [3.63, 3.8) is 0 Å². The molecule has 4 rings (SSSR count). The summed E-state index contributed by atoms with van der Waals surface area (Å²) in [7, 11) is 0. The fourth-order valence-electron chi connectivity index (χ4n) is 3.82. The van der Waals surface area contributed by atoms with E-state index in [1.807, 2.05) is 16.7 Å². The Morgan fingerprint density at radius 3 is 2.71 bits per heavy atom. The monoisotopic (exact) mass is 474 g/mol. The van der Waals surface area contributed by atoms with Gasteiger partial charge in [-0.25, -0.2) is 0 Å². The number of rotatable bonds is 7. The third-order valence-corrected chi connectivity index (χ3v) is 7.15. The number of halogens is 2. The van der Waals surface area contributed by atoms with Gasteiger partial charge in [-0.05, 0) is 49.1 Å². The van der Waals surface area contributed by atoms with Crippen LogP contribution in [0.15, 0.2) is 47.6 Å². The summed E-state index contributed by atoms with van der Waals surface area (Å²) >= 11 is 14.3. The van der Waals surface area contributed by atoms with Crippen LogP contribution in [0, 0.1) is 12.8 Å². The van der Waals surface area contributed by atoms with Crippen LogP contribution in [-0.4, -0.2) is 20.7 Å². The van der Waals surface area contributed by atoms with E-state index in [0.29, 0.717) is 26.7 Å². The smallest absolute Gasteiger partial charge is 0.223 e. The van der Waals surface area contributed by atoms with Crippen LogP contribution in [0.1, 0.15) is 42.6 Å². The highest BCUT2D eigenvalue weighted by Gasteiger charge is 2.24. The highest BCUT2D eigenvalue weighted by atomic mass is 35.5. The summed E-state index contributed by atoms with van der Waals surface area (Å²) in [5, 5.41) is 13.6. The van der Waals surface area contributed by atoms with Gasteiger partial charge >= 0.3 is 0 Å². The fourth-order valence-corrected chi connectivity index (χ4v) is 5.23. The first kappa shape index (κ1) is 22.2. The van der Waals surface area contributed by atoms with Crippen LogP contribution < -0.4 is 5.32 Å². The Morgan fingerprint density at radius 2 is 1.94 bits per heavy atom. The van der Waals surface area contributed by atoms with Gasteiger partial charge in [0.1, 0.15) is 0 Å². The molecule has 0 saturated heterocycles. The highest BCUT2D eigenvalue weighted by Crippen LogP contribution is 2.31. The minimum atomic E-state index is 0.0818. The number of hydrogen-bond acceptors (Lipinski definition) is 4. The summed E-state index contributed by atoms with van der Waals surface area (Å²) < 4.78 is 1.89. The average molecular weight is 475 g/mol. The fraction of sp³-hybridized carbons (Fsp3) is 0.348. The van der Waals surface area contributed by atoms with E-state index in [4.69, 9.17) is 23.2 Å². The van der Waals surface area contributed by atoms with E-state index >= 15 is 0 Å². The van der Waals surface area contributed by atoms with Crippen molar-refractivity contribution in [2.75, 3.05) is 0 Å². The van der Waals surface area contributed by atoms with Crippen LogP contribution in [0.5, 0.6) is 0 Å². The Labute approximate surface area is 196 Å². The van der Waals surface area contributed by atoms with Crippen molar-refractivity contribution in [3.8, 4) is 5.69 Å². The van der Waals surface area contributed by atoms with E-state index in [2.05, 4.69) is 34.6 Å². The summed E-state index contributed by atoms with van der Waals surface area (Å²) in [6.45, 7) is 2.38. The normalized spacial score (nSPS) is 14.2. The largest absolute Gasteiger partial charge is 0.349 e. The number of carbonyl (C=O) groups excluding carboxylic acids is 1. The molecule has 0 unspecified atom stereocenters. The maximum Gasteiger partial charge on any atom is 0.223 e. The van der Waals surface area contributed by atoms with E-state index < -0.39 is 0 Å². The summed E-state index contributed by atoms with van der Waals surface area (Å²) in [5.74, 6) is 1.56. The van der Waals surface area contributed by atoms with Crippen LogP contribution in [0.3, 0.4) is 0 Å². The van der Waals surface area contributed by atoms with Crippen molar-refractivity contribution in [1.29, 1.82) is 0 Å². The average Bonchev–Trinajstić information content (AvgIpc) is 3.43. The molecule has 1 N–H and O–H groups in total. The number of hydrogen-bond donors (Lipinski definition) is 1. The molecule has 1 amide bonds. The van der Waals surface area contributed by atoms with Gasteiger partial charge in [0.25, 0.3) is 0 Å². The van der Waals surface area contributed by atoms with Crippen molar-refractivity contribution < 1.29 is 4.79 Å². The van der Waals surface area contributed by atoms with Gasteiger partial charge in [0.05, 0.1) is 17.3 Å². The molecule has 31 heavy (non-hydrogen) atoms. The molecule has 8 heteroatoms. The van der Waals surface area contributed by atoms with Crippen molar-refractivity contribution in [2.24, 2.45) is 5.92 Å². The number of thioether (sulfide) groups is 1. The molecule has 1 aliphatic rings. The molecular weight excluding hydrogens is 451 g/mol. The first-order chi connectivity index (χ1) is 15.0.